The Labute approximate surface area is 109 Å². The highest BCUT2D eigenvalue weighted by molar-refractivity contribution is 5.09. The molecule has 1 unspecified atom stereocenters. The number of aromatic nitrogens is 1. The summed E-state index contributed by atoms with van der Waals surface area (Å²) in [5, 5.41) is 3.48. The number of unbranched alkanes of at least 4 members (excludes halogenated alkanes) is 1. The summed E-state index contributed by atoms with van der Waals surface area (Å²) in [6.45, 7) is 4.21. The number of pyridine rings is 1. The van der Waals surface area contributed by atoms with E-state index in [0.29, 0.717) is 0 Å². The first-order valence-electron chi connectivity index (χ1n) is 6.63. The largest absolute Gasteiger partial charge is 0.309 e. The van der Waals surface area contributed by atoms with Gasteiger partial charge in [0.05, 0.1) is 11.9 Å². The van der Waals surface area contributed by atoms with Gasteiger partial charge < -0.3 is 10.2 Å². The fourth-order valence-corrected chi connectivity index (χ4v) is 1.88. The maximum absolute atomic E-state index is 12.8. The van der Waals surface area contributed by atoms with Gasteiger partial charge in [0, 0.05) is 6.04 Å². The molecular formula is C14H24FN3. The van der Waals surface area contributed by atoms with Crippen LogP contribution in [0.3, 0.4) is 0 Å². The van der Waals surface area contributed by atoms with Crippen molar-refractivity contribution in [1.82, 2.24) is 15.2 Å². The quantitative estimate of drug-likeness (QED) is 0.722. The average molecular weight is 253 g/mol. The van der Waals surface area contributed by atoms with Crippen molar-refractivity contribution < 1.29 is 4.39 Å². The molecule has 1 aromatic rings. The van der Waals surface area contributed by atoms with Gasteiger partial charge in [0.1, 0.15) is 5.82 Å². The van der Waals surface area contributed by atoms with Crippen molar-refractivity contribution in [2.45, 2.75) is 32.2 Å². The zero-order chi connectivity index (χ0) is 13.4. The van der Waals surface area contributed by atoms with E-state index in [1.807, 2.05) is 0 Å². The van der Waals surface area contributed by atoms with E-state index in [2.05, 4.69) is 36.2 Å². The number of hydrogen-bond donors (Lipinski definition) is 1. The van der Waals surface area contributed by atoms with Crippen molar-refractivity contribution in [3.8, 4) is 0 Å². The van der Waals surface area contributed by atoms with Crippen LogP contribution >= 0.6 is 0 Å². The van der Waals surface area contributed by atoms with E-state index in [0.717, 1.165) is 31.6 Å². The highest BCUT2D eigenvalue weighted by Crippen LogP contribution is 2.14. The molecule has 102 valence electrons. The van der Waals surface area contributed by atoms with Gasteiger partial charge in [-0.15, -0.1) is 0 Å². The topological polar surface area (TPSA) is 28.2 Å². The molecule has 0 spiro atoms. The molecule has 0 bridgehead atoms. The van der Waals surface area contributed by atoms with Crippen molar-refractivity contribution in [2.75, 3.05) is 27.2 Å². The normalized spacial score (nSPS) is 12.9. The second kappa shape index (κ2) is 8.16. The second-order valence-corrected chi connectivity index (χ2v) is 4.83. The number of nitrogens with zero attached hydrogens (tertiary/aromatic N) is 2. The lowest BCUT2D eigenvalue weighted by Gasteiger charge is -2.16. The Bertz CT molecular complexity index is 324. The highest BCUT2D eigenvalue weighted by Gasteiger charge is 2.09. The van der Waals surface area contributed by atoms with E-state index in [-0.39, 0.29) is 11.9 Å². The Morgan fingerprint density at radius 3 is 2.67 bits per heavy atom. The van der Waals surface area contributed by atoms with Crippen LogP contribution in [0.2, 0.25) is 0 Å². The van der Waals surface area contributed by atoms with Crippen LogP contribution in [-0.2, 0) is 0 Å². The van der Waals surface area contributed by atoms with Crippen molar-refractivity contribution in [1.29, 1.82) is 0 Å². The van der Waals surface area contributed by atoms with E-state index in [1.165, 1.54) is 18.7 Å². The molecule has 1 rings (SSSR count). The van der Waals surface area contributed by atoms with E-state index in [4.69, 9.17) is 0 Å². The first-order chi connectivity index (χ1) is 8.63. The third-order valence-electron chi connectivity index (χ3n) is 2.94. The third kappa shape index (κ3) is 5.56. The van der Waals surface area contributed by atoms with Crippen molar-refractivity contribution in [2.24, 2.45) is 0 Å². The maximum atomic E-state index is 12.8. The standard InChI is InChI=1S/C14H24FN3/c1-4-13(14-8-7-12(15)11-17-14)16-9-5-6-10-18(2)3/h7-8,11,13,16H,4-6,9-10H2,1-3H3. The molecule has 0 aliphatic heterocycles. The molecule has 0 aliphatic carbocycles. The molecule has 1 heterocycles. The van der Waals surface area contributed by atoms with Crippen LogP contribution in [0.5, 0.6) is 0 Å². The molecule has 0 saturated heterocycles. The van der Waals surface area contributed by atoms with Crippen LogP contribution in [0.1, 0.15) is 37.9 Å². The lowest BCUT2D eigenvalue weighted by atomic mass is 10.1. The predicted molar refractivity (Wildman–Crippen MR) is 73.0 cm³/mol. The molecule has 0 aliphatic rings. The molecule has 1 N–H and O–H groups in total. The zero-order valence-electron chi connectivity index (χ0n) is 11.6. The summed E-state index contributed by atoms with van der Waals surface area (Å²) in [5.41, 5.74) is 0.923. The fraction of sp³-hybridized carbons (Fsp3) is 0.643. The zero-order valence-corrected chi connectivity index (χ0v) is 11.6. The summed E-state index contributed by atoms with van der Waals surface area (Å²) < 4.78 is 12.8. The molecule has 4 heteroatoms. The van der Waals surface area contributed by atoms with Gasteiger partial charge in [-0.1, -0.05) is 6.92 Å². The summed E-state index contributed by atoms with van der Waals surface area (Å²) in [7, 11) is 4.18. The Hall–Kier alpha value is -1.00. The minimum absolute atomic E-state index is 0.227. The van der Waals surface area contributed by atoms with Gasteiger partial charge in [-0.25, -0.2) is 4.39 Å². The average Bonchev–Trinajstić information content (AvgIpc) is 2.35. The Morgan fingerprint density at radius 1 is 1.33 bits per heavy atom. The van der Waals surface area contributed by atoms with E-state index < -0.39 is 0 Å². The molecule has 0 fully saturated rings. The Morgan fingerprint density at radius 2 is 2.11 bits per heavy atom. The minimum atomic E-state index is -0.278. The van der Waals surface area contributed by atoms with Crippen LogP contribution in [0.25, 0.3) is 0 Å². The van der Waals surface area contributed by atoms with Crippen LogP contribution in [0.4, 0.5) is 4.39 Å². The number of halogens is 1. The number of rotatable bonds is 8. The molecule has 0 saturated carbocycles. The second-order valence-electron chi connectivity index (χ2n) is 4.83. The lowest BCUT2D eigenvalue weighted by molar-refractivity contribution is 0.386. The summed E-state index contributed by atoms with van der Waals surface area (Å²) in [6.07, 6.45) is 4.58. The van der Waals surface area contributed by atoms with Crippen LogP contribution in [-0.4, -0.2) is 37.1 Å². The Balaban J connectivity index is 2.31. The number of nitrogens with one attached hydrogen (secondary N) is 1. The Kier molecular flexibility index (Phi) is 6.83. The summed E-state index contributed by atoms with van der Waals surface area (Å²) >= 11 is 0. The van der Waals surface area contributed by atoms with Gasteiger partial charge >= 0.3 is 0 Å². The van der Waals surface area contributed by atoms with Gasteiger partial charge in [0.2, 0.25) is 0 Å². The molecule has 18 heavy (non-hydrogen) atoms. The van der Waals surface area contributed by atoms with Crippen LogP contribution < -0.4 is 5.32 Å². The summed E-state index contributed by atoms with van der Waals surface area (Å²) in [6, 6.07) is 3.46. The molecule has 0 radical (unpaired) electrons. The van der Waals surface area contributed by atoms with Crippen molar-refractivity contribution in [3.63, 3.8) is 0 Å². The molecule has 3 nitrogen and oxygen atoms in total. The van der Waals surface area contributed by atoms with E-state index >= 15 is 0 Å². The van der Waals surface area contributed by atoms with E-state index in [1.54, 1.807) is 6.07 Å². The van der Waals surface area contributed by atoms with Crippen LogP contribution in [0.15, 0.2) is 18.3 Å². The molecule has 1 atom stereocenters. The van der Waals surface area contributed by atoms with E-state index in [9.17, 15) is 4.39 Å². The SMILES string of the molecule is CCC(NCCCCN(C)C)c1ccc(F)cn1. The molecule has 1 aromatic heterocycles. The third-order valence-corrected chi connectivity index (χ3v) is 2.94. The summed E-state index contributed by atoms with van der Waals surface area (Å²) in [4.78, 5) is 6.32. The van der Waals surface area contributed by atoms with Gasteiger partial charge in [-0.2, -0.15) is 0 Å². The van der Waals surface area contributed by atoms with Gasteiger partial charge in [-0.05, 0) is 58.6 Å². The maximum Gasteiger partial charge on any atom is 0.141 e. The molecular weight excluding hydrogens is 229 g/mol. The van der Waals surface area contributed by atoms with Gasteiger partial charge in [0.15, 0.2) is 0 Å². The first-order valence-corrected chi connectivity index (χ1v) is 6.63. The van der Waals surface area contributed by atoms with Gasteiger partial charge in [0.25, 0.3) is 0 Å². The number of hydrogen-bond acceptors (Lipinski definition) is 3. The molecule has 0 amide bonds. The lowest BCUT2D eigenvalue weighted by Crippen LogP contribution is -2.23. The van der Waals surface area contributed by atoms with Gasteiger partial charge in [-0.3, -0.25) is 4.98 Å². The van der Waals surface area contributed by atoms with Crippen molar-refractivity contribution in [3.05, 3.63) is 29.8 Å². The first kappa shape index (κ1) is 15.1. The smallest absolute Gasteiger partial charge is 0.141 e. The monoisotopic (exact) mass is 253 g/mol. The fourth-order valence-electron chi connectivity index (χ4n) is 1.88. The highest BCUT2D eigenvalue weighted by atomic mass is 19.1. The molecule has 0 aromatic carbocycles. The predicted octanol–water partition coefficient (Wildman–Crippen LogP) is 2.60. The van der Waals surface area contributed by atoms with Crippen LogP contribution in [0, 0.1) is 5.82 Å². The van der Waals surface area contributed by atoms with Crippen molar-refractivity contribution >= 4 is 0 Å². The summed E-state index contributed by atoms with van der Waals surface area (Å²) in [5.74, 6) is -0.278. The minimum Gasteiger partial charge on any atom is -0.309 e.